The van der Waals surface area contributed by atoms with E-state index in [0.29, 0.717) is 79.9 Å². The Labute approximate surface area is 732 Å². The summed E-state index contributed by atoms with van der Waals surface area (Å²) < 4.78 is 22.0. The zero-order valence-electron chi connectivity index (χ0n) is 82.8. The number of piperidine rings is 9. The van der Waals surface area contributed by atoms with Crippen molar-refractivity contribution < 1.29 is 14.2 Å². The minimum atomic E-state index is -0.225. The molecule has 0 unspecified atom stereocenters. The average Bonchev–Trinajstić information content (AvgIpc) is 0.764. The molecule has 9 saturated heterocycles. The number of nitrogens with one attached hydrogen (secondary N) is 11. The number of anilines is 6. The molecule has 27 heteroatoms. The van der Waals surface area contributed by atoms with Crippen LogP contribution in [-0.4, -0.2) is 225 Å². The Hall–Kier alpha value is -5.13. The lowest BCUT2D eigenvalue weighted by atomic mass is 9.75. The van der Waals surface area contributed by atoms with E-state index in [1.807, 2.05) is 0 Å². The second-order valence-electron chi connectivity index (χ2n) is 51.6. The minimum Gasteiger partial charge on any atom is -0.460 e. The second kappa shape index (κ2) is 32.6. The van der Waals surface area contributed by atoms with E-state index in [9.17, 15) is 0 Å². The van der Waals surface area contributed by atoms with Crippen LogP contribution >= 0.6 is 0 Å². The average molecular weight is 1690 g/mol. The van der Waals surface area contributed by atoms with Crippen LogP contribution in [0.15, 0.2) is 0 Å². The van der Waals surface area contributed by atoms with Gasteiger partial charge in [-0.25, -0.2) is 0 Å². The van der Waals surface area contributed by atoms with Gasteiger partial charge in [0.2, 0.25) is 35.7 Å². The molecule has 0 aliphatic carbocycles. The van der Waals surface area contributed by atoms with Gasteiger partial charge in [0, 0.05) is 201 Å². The van der Waals surface area contributed by atoms with Gasteiger partial charge in [0.1, 0.15) is 18.3 Å². The summed E-state index contributed by atoms with van der Waals surface area (Å²) in [5, 5.41) is 43.7. The molecule has 11 N–H and O–H groups in total. The van der Waals surface area contributed by atoms with Crippen LogP contribution < -0.4 is 92.3 Å². The molecule has 0 bridgehead atoms. The van der Waals surface area contributed by atoms with Crippen molar-refractivity contribution in [1.82, 2.24) is 92.7 Å². The van der Waals surface area contributed by atoms with Crippen LogP contribution in [-0.2, 0) is 0 Å². The van der Waals surface area contributed by atoms with Crippen molar-refractivity contribution in [2.75, 3.05) is 56.4 Å². The quantitative estimate of drug-likeness (QED) is 0.0397. The predicted octanol–water partition coefficient (Wildman–Crippen LogP) is 14.6. The maximum Gasteiger partial charge on any atom is 0.323 e. The zero-order chi connectivity index (χ0) is 89.5. The Balaban J connectivity index is 1.02. The van der Waals surface area contributed by atoms with Crippen LogP contribution in [0, 0.1) is 0 Å². The van der Waals surface area contributed by atoms with Gasteiger partial charge in [-0.1, -0.05) is 0 Å². The Morgan fingerprint density at radius 2 is 0.388 bits per heavy atom. The molecule has 12 rings (SSSR count). The summed E-state index contributed by atoms with van der Waals surface area (Å²) in [6.07, 6.45) is 14.8. The predicted molar refractivity (Wildman–Crippen MR) is 497 cm³/mol. The van der Waals surface area contributed by atoms with Crippen molar-refractivity contribution in [3.63, 3.8) is 0 Å². The lowest BCUT2D eigenvalue weighted by Crippen LogP contribution is -2.67. The fourth-order valence-electron chi connectivity index (χ4n) is 26.8. The van der Waals surface area contributed by atoms with Crippen molar-refractivity contribution in [3.05, 3.63) is 0 Å². The number of hydrogen-bond acceptors (Lipinski definition) is 27. The maximum atomic E-state index is 7.44. The smallest absolute Gasteiger partial charge is 0.323 e. The molecule has 9 aliphatic heterocycles. The fourth-order valence-corrected chi connectivity index (χ4v) is 26.8. The molecule has 686 valence electrons. The van der Waals surface area contributed by atoms with Crippen LogP contribution in [0.5, 0.6) is 18.0 Å². The molecule has 9 fully saturated rings. The Kier molecular flexibility index (Phi) is 25.6. The van der Waals surface area contributed by atoms with E-state index in [2.05, 4.69) is 327 Å². The SMILES string of the molecule is CC1(C)CC(Oc2nc(NCCN(CCNc3nc(OC4CC(C)(C)NC(C)(C)C4)nc(N(C4CC(C)(C)NC(C)(C)C4)C4CC(C)(C)NC(C)(C)C4)n3)c3nc(OC4CC(C)(C)NC(C)(C)C4)nc(N(C4CC(C)(C)NC(C)(C)C4)C4CC(C)(C)NC(C)(C)C4)n3)nc(N(C3CC(C)(C)NC(C)(C)C3)C3CC(C)(C)NC(C)(C)C3)n2)CC(C)(C)N1. The summed E-state index contributed by atoms with van der Waals surface area (Å²) in [5.74, 6) is 3.28. The lowest BCUT2D eigenvalue weighted by Gasteiger charge is -2.55. The Morgan fingerprint density at radius 1 is 0.223 bits per heavy atom. The molecule has 121 heavy (non-hydrogen) atoms. The van der Waals surface area contributed by atoms with E-state index in [1.54, 1.807) is 0 Å². The summed E-state index contributed by atoms with van der Waals surface area (Å²) in [6, 6.07) is 1.43. The first-order valence-corrected chi connectivity index (χ1v) is 46.8. The summed E-state index contributed by atoms with van der Waals surface area (Å²) in [7, 11) is 0. The largest absolute Gasteiger partial charge is 0.460 e. The first-order chi connectivity index (χ1) is 54.8. The number of nitrogens with zero attached hydrogens (tertiary/aromatic N) is 13. The highest BCUT2D eigenvalue weighted by Crippen LogP contribution is 2.47. The van der Waals surface area contributed by atoms with Crippen LogP contribution in [0.4, 0.5) is 35.7 Å². The van der Waals surface area contributed by atoms with Gasteiger partial charge in [0.15, 0.2) is 0 Å². The molecule has 0 aromatic carbocycles. The molecule has 12 heterocycles. The van der Waals surface area contributed by atoms with E-state index >= 15 is 0 Å². The molecule has 0 amide bonds. The van der Waals surface area contributed by atoms with Crippen molar-refractivity contribution >= 4 is 35.7 Å². The third-order valence-electron chi connectivity index (χ3n) is 26.7. The molecule has 0 spiro atoms. The molecule has 9 aliphatic rings. The first kappa shape index (κ1) is 95.0. The molecule has 27 nitrogen and oxygen atoms in total. The number of rotatable bonds is 24. The number of aromatic nitrogens is 9. The standard InChI is InChI=1S/C94H172N24O3/c1-77(2)41-59(42-78(3,4)106-77)116(60-43-79(5,6)107-80(7,8)44-60)71-97-68(99-74(103-71)119-65-53-89(25,26)112-90(27,28)54-65)95-37-39-115(70-101-73(105-76(102-70)121-67-57-93(33,34)114-94(35,36)58-67)118(63-49-85(17,18)110-86(19,20)50-63)64-51-87(21,22)111-88(23,24)52-64)40-38-96-69-98-72(104-75(100-69)120-66-55-91(29,30)113-92(31,32)56-66)117(61-45-81(9,10)108-82(11,12)46-61)62-47-83(13,14)109-84(15,16)48-62/h59-67,106-114H,37-58H2,1-36H3,(H,95,97,99,103)(H,96,98,100,104). The number of hydrogen-bond donors (Lipinski definition) is 11. The van der Waals surface area contributed by atoms with Crippen LogP contribution in [0.3, 0.4) is 0 Å². The van der Waals surface area contributed by atoms with Crippen molar-refractivity contribution in [2.45, 2.75) is 519 Å². The highest BCUT2D eigenvalue weighted by atomic mass is 16.5. The van der Waals surface area contributed by atoms with E-state index in [1.165, 1.54) is 0 Å². The maximum absolute atomic E-state index is 7.44. The molecule has 0 radical (unpaired) electrons. The van der Waals surface area contributed by atoms with Gasteiger partial charge in [-0.2, -0.15) is 44.9 Å². The normalized spacial score (nSPS) is 27.8. The van der Waals surface area contributed by atoms with Crippen LogP contribution in [0.2, 0.25) is 0 Å². The molecular weight excluding hydrogens is 1510 g/mol. The molecule has 0 atom stereocenters. The highest BCUT2D eigenvalue weighted by Gasteiger charge is 2.53. The van der Waals surface area contributed by atoms with E-state index in [4.69, 9.17) is 59.1 Å². The highest BCUT2D eigenvalue weighted by molar-refractivity contribution is 5.48. The molecule has 0 saturated carbocycles. The molecule has 3 aromatic rings. The summed E-state index contributed by atoms with van der Waals surface area (Å²) >= 11 is 0. The van der Waals surface area contributed by atoms with E-state index < -0.39 is 0 Å². The zero-order valence-corrected chi connectivity index (χ0v) is 82.8. The molecular formula is C94H172N24O3. The van der Waals surface area contributed by atoms with Gasteiger partial charge in [-0.15, -0.1) is 0 Å². The topological polar surface area (TPSA) is 289 Å². The summed E-state index contributed by atoms with van der Waals surface area (Å²) in [4.78, 5) is 60.5. The first-order valence-electron chi connectivity index (χ1n) is 46.8. The van der Waals surface area contributed by atoms with Gasteiger partial charge in [0.25, 0.3) is 0 Å². The molecule has 3 aromatic heterocycles. The lowest BCUT2D eigenvalue weighted by molar-refractivity contribution is 0.0490. The van der Waals surface area contributed by atoms with Crippen LogP contribution in [0.25, 0.3) is 0 Å². The van der Waals surface area contributed by atoms with Gasteiger partial charge in [-0.3, -0.25) is 0 Å². The second-order valence-corrected chi connectivity index (χ2v) is 51.6. The van der Waals surface area contributed by atoms with Gasteiger partial charge in [0.05, 0.1) is 0 Å². The van der Waals surface area contributed by atoms with E-state index in [-0.39, 0.29) is 154 Å². The third kappa shape index (κ3) is 25.6. The van der Waals surface area contributed by atoms with Gasteiger partial charge < -0.3 is 92.3 Å². The van der Waals surface area contributed by atoms with Crippen molar-refractivity contribution in [3.8, 4) is 18.0 Å². The van der Waals surface area contributed by atoms with Gasteiger partial charge in [-0.05, 0) is 326 Å². The van der Waals surface area contributed by atoms with Crippen LogP contribution in [0.1, 0.15) is 365 Å². The van der Waals surface area contributed by atoms with Crippen molar-refractivity contribution in [2.24, 2.45) is 0 Å². The summed E-state index contributed by atoms with van der Waals surface area (Å²) in [5.41, 5.74) is -3.43. The Morgan fingerprint density at radius 3 is 0.587 bits per heavy atom. The summed E-state index contributed by atoms with van der Waals surface area (Å²) in [6.45, 7) is 85.2. The number of ether oxygens (including phenoxy) is 3. The third-order valence-corrected chi connectivity index (χ3v) is 26.7. The van der Waals surface area contributed by atoms with Gasteiger partial charge >= 0.3 is 18.0 Å². The van der Waals surface area contributed by atoms with Crippen molar-refractivity contribution in [1.29, 1.82) is 0 Å². The monoisotopic (exact) mass is 1690 g/mol. The minimum absolute atomic E-state index is 0.0534. The van der Waals surface area contributed by atoms with E-state index in [0.717, 1.165) is 116 Å². The Bertz CT molecular complexity index is 3670. The fraction of sp³-hybridized carbons (Fsp3) is 0.904.